The molecule has 0 fully saturated rings. The molecule has 3 aromatic carbocycles. The number of rotatable bonds is 5. The molecule has 142 valence electrons. The average Bonchev–Trinajstić information content (AvgIpc) is 3.14. The molecule has 0 saturated carbocycles. The van der Waals surface area contributed by atoms with Gasteiger partial charge in [0, 0.05) is 58.4 Å². The minimum absolute atomic E-state index is 0.191. The molecular formula is C26H23N2O+. The second-order valence-electron chi connectivity index (χ2n) is 7.35. The molecule has 0 unspecified atom stereocenters. The van der Waals surface area contributed by atoms with Crippen molar-refractivity contribution in [2.24, 2.45) is 0 Å². The van der Waals surface area contributed by atoms with Crippen molar-refractivity contribution in [3.63, 3.8) is 0 Å². The molecule has 2 heterocycles. The molecule has 3 nitrogen and oxygen atoms in total. The average molecular weight is 379 g/mol. The molecule has 0 bridgehead atoms. The van der Waals surface area contributed by atoms with Crippen LogP contribution in [0.15, 0.2) is 78.9 Å². The SMILES string of the molecule is OCCC[n+]1c(/C=C/c2ccc3[nH]c4ccccc4c3c2)ccc2ccccc21. The summed E-state index contributed by atoms with van der Waals surface area (Å²) >= 11 is 0. The van der Waals surface area contributed by atoms with Crippen molar-refractivity contribution in [3.05, 3.63) is 90.1 Å². The van der Waals surface area contributed by atoms with Crippen LogP contribution < -0.4 is 4.57 Å². The highest BCUT2D eigenvalue weighted by atomic mass is 16.3. The topological polar surface area (TPSA) is 39.9 Å². The first kappa shape index (κ1) is 17.7. The number of aliphatic hydroxyl groups excluding tert-OH is 1. The Hall–Kier alpha value is -3.43. The Morgan fingerprint density at radius 2 is 1.62 bits per heavy atom. The van der Waals surface area contributed by atoms with E-state index in [-0.39, 0.29) is 6.61 Å². The third-order valence-corrected chi connectivity index (χ3v) is 5.49. The number of fused-ring (bicyclic) bond motifs is 4. The van der Waals surface area contributed by atoms with Crippen molar-refractivity contribution in [3.8, 4) is 0 Å². The zero-order valence-electron chi connectivity index (χ0n) is 16.2. The van der Waals surface area contributed by atoms with Gasteiger partial charge < -0.3 is 10.1 Å². The van der Waals surface area contributed by atoms with E-state index in [1.165, 1.54) is 32.8 Å². The Bertz CT molecular complexity index is 1350. The molecule has 3 heteroatoms. The molecule has 0 aliphatic carbocycles. The van der Waals surface area contributed by atoms with E-state index in [4.69, 9.17) is 0 Å². The number of pyridine rings is 1. The molecule has 0 saturated heterocycles. The first-order valence-corrected chi connectivity index (χ1v) is 10.0. The van der Waals surface area contributed by atoms with E-state index >= 15 is 0 Å². The largest absolute Gasteiger partial charge is 0.396 e. The van der Waals surface area contributed by atoms with Gasteiger partial charge in [0.1, 0.15) is 0 Å². The number of nitrogens with zero attached hydrogens (tertiary/aromatic N) is 1. The summed E-state index contributed by atoms with van der Waals surface area (Å²) < 4.78 is 2.28. The minimum atomic E-state index is 0.191. The molecule has 5 aromatic rings. The van der Waals surface area contributed by atoms with Gasteiger partial charge in [-0.3, -0.25) is 0 Å². The number of hydrogen-bond donors (Lipinski definition) is 2. The lowest BCUT2D eigenvalue weighted by Gasteiger charge is -2.04. The van der Waals surface area contributed by atoms with E-state index < -0.39 is 0 Å². The number of nitrogens with one attached hydrogen (secondary N) is 1. The summed E-state index contributed by atoms with van der Waals surface area (Å²) in [5.41, 5.74) is 5.82. The first-order valence-electron chi connectivity index (χ1n) is 10.0. The quantitative estimate of drug-likeness (QED) is 0.399. The Labute approximate surface area is 169 Å². The van der Waals surface area contributed by atoms with Crippen LogP contribution in [0.5, 0.6) is 0 Å². The smallest absolute Gasteiger partial charge is 0.212 e. The number of aromatic nitrogens is 2. The second-order valence-corrected chi connectivity index (χ2v) is 7.35. The van der Waals surface area contributed by atoms with E-state index in [2.05, 4.69) is 101 Å². The van der Waals surface area contributed by atoms with Crippen molar-refractivity contribution >= 4 is 44.9 Å². The predicted molar refractivity (Wildman–Crippen MR) is 121 cm³/mol. The third-order valence-electron chi connectivity index (χ3n) is 5.49. The fourth-order valence-corrected chi connectivity index (χ4v) is 4.05. The molecule has 0 spiro atoms. The van der Waals surface area contributed by atoms with E-state index in [0.29, 0.717) is 0 Å². The van der Waals surface area contributed by atoms with Crippen molar-refractivity contribution < 1.29 is 9.67 Å². The van der Waals surface area contributed by atoms with Gasteiger partial charge in [-0.25, -0.2) is 0 Å². The predicted octanol–water partition coefficient (Wildman–Crippen LogP) is 5.31. The summed E-state index contributed by atoms with van der Waals surface area (Å²) in [5, 5.41) is 13.0. The lowest BCUT2D eigenvalue weighted by Crippen LogP contribution is -2.38. The molecular weight excluding hydrogens is 356 g/mol. The van der Waals surface area contributed by atoms with Gasteiger partial charge in [0.2, 0.25) is 11.2 Å². The number of aliphatic hydroxyl groups is 1. The summed E-state index contributed by atoms with van der Waals surface area (Å²) in [4.78, 5) is 3.48. The standard InChI is InChI=1S/C26H22N2O/c29-17-5-16-28-21(14-12-20-6-1-4-9-26(20)28)13-10-19-11-15-25-23(18-19)22-7-2-3-8-24(22)27-25/h1-4,6-15,18,29H,5,16-17H2/p+1. The summed E-state index contributed by atoms with van der Waals surface area (Å²) in [6.07, 6.45) is 5.07. The van der Waals surface area contributed by atoms with Crippen LogP contribution in [0.3, 0.4) is 0 Å². The fraction of sp³-hybridized carbons (Fsp3) is 0.115. The molecule has 0 aliphatic heterocycles. The Balaban J connectivity index is 1.57. The monoisotopic (exact) mass is 379 g/mol. The summed E-state index contributed by atoms with van der Waals surface area (Å²) in [5.74, 6) is 0. The minimum Gasteiger partial charge on any atom is -0.396 e. The molecule has 2 N–H and O–H groups in total. The zero-order valence-corrected chi connectivity index (χ0v) is 16.2. The van der Waals surface area contributed by atoms with Crippen LogP contribution in [0, 0.1) is 0 Å². The lowest BCUT2D eigenvalue weighted by atomic mass is 10.1. The molecule has 0 amide bonds. The number of aromatic amines is 1. The maximum Gasteiger partial charge on any atom is 0.212 e. The number of aryl methyl sites for hydroxylation is 1. The van der Waals surface area contributed by atoms with Crippen LogP contribution in [0.25, 0.3) is 44.9 Å². The molecule has 29 heavy (non-hydrogen) atoms. The summed E-state index contributed by atoms with van der Waals surface area (Å²) in [6, 6.07) is 27.7. The lowest BCUT2D eigenvalue weighted by molar-refractivity contribution is -0.673. The third kappa shape index (κ3) is 3.30. The van der Waals surface area contributed by atoms with E-state index in [1.807, 2.05) is 0 Å². The number of hydrogen-bond acceptors (Lipinski definition) is 1. The second kappa shape index (κ2) is 7.53. The Morgan fingerprint density at radius 1 is 0.793 bits per heavy atom. The van der Waals surface area contributed by atoms with Crippen LogP contribution in [0.2, 0.25) is 0 Å². The Morgan fingerprint density at radius 3 is 2.55 bits per heavy atom. The Kier molecular flexibility index (Phi) is 4.59. The maximum atomic E-state index is 9.33. The number of para-hydroxylation sites is 2. The summed E-state index contributed by atoms with van der Waals surface area (Å²) in [6.45, 7) is 0.982. The van der Waals surface area contributed by atoms with Gasteiger partial charge in [-0.1, -0.05) is 36.4 Å². The van der Waals surface area contributed by atoms with Gasteiger partial charge in [-0.2, -0.15) is 4.57 Å². The summed E-state index contributed by atoms with van der Waals surface area (Å²) in [7, 11) is 0. The normalized spacial score (nSPS) is 11.9. The highest BCUT2D eigenvalue weighted by molar-refractivity contribution is 6.07. The highest BCUT2D eigenvalue weighted by Gasteiger charge is 2.13. The van der Waals surface area contributed by atoms with Crippen LogP contribution >= 0.6 is 0 Å². The van der Waals surface area contributed by atoms with Gasteiger partial charge >= 0.3 is 0 Å². The van der Waals surface area contributed by atoms with Crippen molar-refractivity contribution in [2.45, 2.75) is 13.0 Å². The van der Waals surface area contributed by atoms with Gasteiger partial charge in [0.15, 0.2) is 6.54 Å². The van der Waals surface area contributed by atoms with Crippen molar-refractivity contribution in [1.82, 2.24) is 4.98 Å². The maximum absolute atomic E-state index is 9.33. The van der Waals surface area contributed by atoms with Crippen LogP contribution in [0.4, 0.5) is 0 Å². The molecule has 5 rings (SSSR count). The molecule has 0 aliphatic rings. The van der Waals surface area contributed by atoms with Crippen molar-refractivity contribution in [1.29, 1.82) is 0 Å². The van der Waals surface area contributed by atoms with Crippen LogP contribution in [-0.4, -0.2) is 16.7 Å². The fourth-order valence-electron chi connectivity index (χ4n) is 4.05. The van der Waals surface area contributed by atoms with Gasteiger partial charge in [0.05, 0.1) is 0 Å². The molecule has 0 radical (unpaired) electrons. The van der Waals surface area contributed by atoms with Gasteiger partial charge in [-0.15, -0.1) is 0 Å². The number of H-pyrrole nitrogens is 1. The molecule has 2 aromatic heterocycles. The van der Waals surface area contributed by atoms with E-state index in [1.54, 1.807) is 0 Å². The van der Waals surface area contributed by atoms with Crippen LogP contribution in [-0.2, 0) is 6.54 Å². The van der Waals surface area contributed by atoms with Crippen molar-refractivity contribution in [2.75, 3.05) is 6.61 Å². The van der Waals surface area contributed by atoms with Gasteiger partial charge in [-0.05, 0) is 42.0 Å². The number of benzene rings is 3. The van der Waals surface area contributed by atoms with Gasteiger partial charge in [0.25, 0.3) is 0 Å². The van der Waals surface area contributed by atoms with E-state index in [9.17, 15) is 5.11 Å². The zero-order chi connectivity index (χ0) is 19.6. The molecule has 0 atom stereocenters. The van der Waals surface area contributed by atoms with Crippen LogP contribution in [0.1, 0.15) is 17.7 Å². The highest BCUT2D eigenvalue weighted by Crippen LogP contribution is 2.26. The van der Waals surface area contributed by atoms with E-state index in [0.717, 1.165) is 24.2 Å². The first-order chi connectivity index (χ1) is 14.3.